The van der Waals surface area contributed by atoms with E-state index in [1.807, 2.05) is 6.92 Å². The second-order valence-corrected chi connectivity index (χ2v) is 4.36. The Morgan fingerprint density at radius 1 is 1.27 bits per heavy atom. The zero-order chi connectivity index (χ0) is 16.5. The number of amides is 1. The number of esters is 1. The monoisotopic (exact) mass is 300 g/mol. The van der Waals surface area contributed by atoms with Gasteiger partial charge in [0, 0.05) is 0 Å². The maximum atomic E-state index is 11.6. The van der Waals surface area contributed by atoms with Gasteiger partial charge in [0.2, 0.25) is 0 Å². The molecule has 5 nitrogen and oxygen atoms in total. The summed E-state index contributed by atoms with van der Waals surface area (Å²) < 4.78 is 4.91. The Labute approximate surface area is 130 Å². The molecule has 1 aromatic rings. The van der Waals surface area contributed by atoms with Crippen LogP contribution in [0.4, 0.5) is 5.69 Å². The molecule has 0 unspecified atom stereocenters. The van der Waals surface area contributed by atoms with E-state index in [1.54, 1.807) is 37.3 Å². The molecule has 1 amide bonds. The Kier molecular flexibility index (Phi) is 6.76. The molecule has 0 aliphatic carbocycles. The molecule has 22 heavy (non-hydrogen) atoms. The minimum Gasteiger partial charge on any atom is -0.462 e. The van der Waals surface area contributed by atoms with Crippen LogP contribution in [0.25, 0.3) is 0 Å². The predicted octanol–water partition coefficient (Wildman–Crippen LogP) is 2.94. The lowest BCUT2D eigenvalue weighted by atomic mass is 10.1. The highest BCUT2D eigenvalue weighted by atomic mass is 16.5. The quantitative estimate of drug-likeness (QED) is 0.477. The minimum atomic E-state index is -0.552. The third-order valence-electron chi connectivity index (χ3n) is 2.77. The van der Waals surface area contributed by atoms with Gasteiger partial charge in [0.25, 0.3) is 5.91 Å². The molecule has 0 atom stereocenters. The fraction of sp³-hybridized carbons (Fsp3) is 0.235. The summed E-state index contributed by atoms with van der Waals surface area (Å²) in [5, 5.41) is 0. The van der Waals surface area contributed by atoms with Crippen LogP contribution < -0.4 is 5.73 Å². The fourth-order valence-electron chi connectivity index (χ4n) is 1.78. The number of hydrogen-bond donors (Lipinski definition) is 1. The number of nitrogens with zero attached hydrogens (tertiary/aromatic N) is 1. The Morgan fingerprint density at radius 2 is 1.91 bits per heavy atom. The molecular formula is C17H20N2O3. The molecular weight excluding hydrogens is 280 g/mol. The van der Waals surface area contributed by atoms with Crippen LogP contribution in [0.3, 0.4) is 0 Å². The van der Waals surface area contributed by atoms with Crippen LogP contribution in [-0.2, 0) is 9.53 Å². The van der Waals surface area contributed by atoms with Gasteiger partial charge in [-0.3, -0.25) is 4.79 Å². The SMILES string of the molecule is C=CC(=Nc1ccc(C(=O)OCC)cc1)/C(=C\CC)C(N)=O. The normalized spacial score (nSPS) is 11.9. The molecule has 5 heteroatoms. The van der Waals surface area contributed by atoms with Crippen molar-refractivity contribution in [3.8, 4) is 0 Å². The standard InChI is InChI=1S/C17H20N2O3/c1-4-7-14(16(18)20)15(5-2)19-13-10-8-12(9-11-13)17(21)22-6-3/h5,7-11H,2,4,6H2,1,3H3,(H2,18,20)/b14-7+,19-15?. The lowest BCUT2D eigenvalue weighted by Gasteiger charge is -2.05. The Bertz CT molecular complexity index is 613. The van der Waals surface area contributed by atoms with Gasteiger partial charge in [0.05, 0.1) is 29.1 Å². The lowest BCUT2D eigenvalue weighted by Crippen LogP contribution is -2.19. The van der Waals surface area contributed by atoms with Crippen molar-refractivity contribution in [1.29, 1.82) is 0 Å². The van der Waals surface area contributed by atoms with Crippen molar-refractivity contribution in [3.63, 3.8) is 0 Å². The first kappa shape index (κ1) is 17.4. The van der Waals surface area contributed by atoms with E-state index in [0.29, 0.717) is 35.6 Å². The number of carbonyl (C=O) groups is 2. The van der Waals surface area contributed by atoms with Crippen LogP contribution in [0.5, 0.6) is 0 Å². The van der Waals surface area contributed by atoms with E-state index in [1.165, 1.54) is 6.08 Å². The van der Waals surface area contributed by atoms with Gasteiger partial charge in [-0.05, 0) is 43.7 Å². The van der Waals surface area contributed by atoms with E-state index in [0.717, 1.165) is 0 Å². The van der Waals surface area contributed by atoms with E-state index in [9.17, 15) is 9.59 Å². The number of rotatable bonds is 7. The number of aliphatic imine (C=N–C) groups is 1. The summed E-state index contributed by atoms with van der Waals surface area (Å²) in [7, 11) is 0. The third kappa shape index (κ3) is 4.70. The fourth-order valence-corrected chi connectivity index (χ4v) is 1.78. The third-order valence-corrected chi connectivity index (χ3v) is 2.77. The van der Waals surface area contributed by atoms with Crippen molar-refractivity contribution < 1.29 is 14.3 Å². The molecule has 0 spiro atoms. The summed E-state index contributed by atoms with van der Waals surface area (Å²) >= 11 is 0. The lowest BCUT2D eigenvalue weighted by molar-refractivity contribution is -0.114. The van der Waals surface area contributed by atoms with Crippen molar-refractivity contribution >= 4 is 23.3 Å². The highest BCUT2D eigenvalue weighted by molar-refractivity contribution is 6.25. The van der Waals surface area contributed by atoms with Gasteiger partial charge < -0.3 is 10.5 Å². The van der Waals surface area contributed by atoms with Gasteiger partial charge >= 0.3 is 5.97 Å². The summed E-state index contributed by atoms with van der Waals surface area (Å²) in [5.74, 6) is -0.936. The number of allylic oxidation sites excluding steroid dienone is 2. The van der Waals surface area contributed by atoms with Gasteiger partial charge in [-0.2, -0.15) is 0 Å². The van der Waals surface area contributed by atoms with Gasteiger partial charge in [-0.1, -0.05) is 19.6 Å². The first-order valence-corrected chi connectivity index (χ1v) is 7.02. The molecule has 0 bridgehead atoms. The first-order valence-electron chi connectivity index (χ1n) is 7.02. The summed E-state index contributed by atoms with van der Waals surface area (Å²) in [6, 6.07) is 6.57. The van der Waals surface area contributed by atoms with E-state index in [2.05, 4.69) is 11.6 Å². The van der Waals surface area contributed by atoms with E-state index < -0.39 is 5.91 Å². The largest absolute Gasteiger partial charge is 0.462 e. The maximum absolute atomic E-state index is 11.6. The molecule has 0 aliphatic heterocycles. The second-order valence-electron chi connectivity index (χ2n) is 4.36. The van der Waals surface area contributed by atoms with Crippen LogP contribution >= 0.6 is 0 Å². The van der Waals surface area contributed by atoms with Crippen molar-refractivity contribution in [1.82, 2.24) is 0 Å². The number of benzene rings is 1. The van der Waals surface area contributed by atoms with Gasteiger partial charge in [-0.25, -0.2) is 9.79 Å². The molecule has 0 radical (unpaired) electrons. The van der Waals surface area contributed by atoms with E-state index in [-0.39, 0.29) is 5.97 Å². The van der Waals surface area contributed by atoms with Crippen LogP contribution in [0.1, 0.15) is 30.6 Å². The van der Waals surface area contributed by atoms with E-state index >= 15 is 0 Å². The summed E-state index contributed by atoms with van der Waals surface area (Å²) in [6.45, 7) is 7.63. The molecule has 116 valence electrons. The Balaban J connectivity index is 3.08. The summed E-state index contributed by atoms with van der Waals surface area (Å²) in [6.07, 6.45) is 3.84. The van der Waals surface area contributed by atoms with Crippen molar-refractivity contribution in [2.45, 2.75) is 20.3 Å². The highest BCUT2D eigenvalue weighted by Crippen LogP contribution is 2.16. The average molecular weight is 300 g/mol. The van der Waals surface area contributed by atoms with Crippen molar-refractivity contribution in [2.24, 2.45) is 10.7 Å². The topological polar surface area (TPSA) is 81.8 Å². The molecule has 2 N–H and O–H groups in total. The molecule has 0 saturated carbocycles. The van der Waals surface area contributed by atoms with Crippen LogP contribution in [0.2, 0.25) is 0 Å². The minimum absolute atomic E-state index is 0.323. The molecule has 0 aliphatic rings. The Hall–Kier alpha value is -2.69. The first-order chi connectivity index (χ1) is 10.5. The number of primary amides is 1. The second kappa shape index (κ2) is 8.56. The average Bonchev–Trinajstić information content (AvgIpc) is 2.51. The molecule has 0 fully saturated rings. The van der Waals surface area contributed by atoms with Crippen molar-refractivity contribution in [3.05, 3.63) is 54.1 Å². The number of hydrogen-bond acceptors (Lipinski definition) is 4. The predicted molar refractivity (Wildman–Crippen MR) is 87.3 cm³/mol. The molecule has 1 aromatic carbocycles. The van der Waals surface area contributed by atoms with Gasteiger partial charge in [0.1, 0.15) is 0 Å². The maximum Gasteiger partial charge on any atom is 0.338 e. The number of ether oxygens (including phenoxy) is 1. The van der Waals surface area contributed by atoms with Crippen molar-refractivity contribution in [2.75, 3.05) is 6.61 Å². The molecule has 0 heterocycles. The highest BCUT2D eigenvalue weighted by Gasteiger charge is 2.10. The van der Waals surface area contributed by atoms with Crippen LogP contribution in [0.15, 0.2) is 53.6 Å². The smallest absolute Gasteiger partial charge is 0.338 e. The van der Waals surface area contributed by atoms with Crippen LogP contribution in [-0.4, -0.2) is 24.2 Å². The number of carbonyl (C=O) groups excluding carboxylic acids is 2. The zero-order valence-corrected chi connectivity index (χ0v) is 12.8. The summed E-state index contributed by atoms with van der Waals surface area (Å²) in [5.41, 5.74) is 7.11. The molecule has 1 rings (SSSR count). The summed E-state index contributed by atoms with van der Waals surface area (Å²) in [4.78, 5) is 27.4. The van der Waals surface area contributed by atoms with Crippen LogP contribution in [0, 0.1) is 0 Å². The molecule has 0 saturated heterocycles. The van der Waals surface area contributed by atoms with Gasteiger partial charge in [0.15, 0.2) is 0 Å². The molecule has 0 aromatic heterocycles. The Morgan fingerprint density at radius 3 is 2.36 bits per heavy atom. The van der Waals surface area contributed by atoms with Gasteiger partial charge in [-0.15, -0.1) is 0 Å². The van der Waals surface area contributed by atoms with E-state index in [4.69, 9.17) is 10.5 Å². The zero-order valence-electron chi connectivity index (χ0n) is 12.8. The number of nitrogens with two attached hydrogens (primary N) is 1.